The number of rotatable bonds is 8. The number of aromatic nitrogens is 4. The van der Waals surface area contributed by atoms with Crippen LogP contribution in [-0.2, 0) is 11.2 Å². The van der Waals surface area contributed by atoms with Crippen LogP contribution in [0.25, 0.3) is 17.1 Å². The van der Waals surface area contributed by atoms with Crippen molar-refractivity contribution in [2.75, 3.05) is 6.54 Å². The Morgan fingerprint density at radius 2 is 1.82 bits per heavy atom. The van der Waals surface area contributed by atoms with Crippen molar-refractivity contribution in [3.8, 4) is 17.1 Å². The standard InChI is InChI=1S/C25H24ClN5OS/c1-17-21(26)9-6-10-22(17)31-23(20-12-14-27-15-13-20)29-30-25(31)33-18(2)24(32)28-16-11-19-7-4-3-5-8-19/h3-10,12-15,18H,11,16H2,1-2H3,(H,28,32). The minimum absolute atomic E-state index is 0.0428. The van der Waals surface area contributed by atoms with Gasteiger partial charge in [-0.05, 0) is 55.7 Å². The summed E-state index contributed by atoms with van der Waals surface area (Å²) in [7, 11) is 0. The zero-order valence-electron chi connectivity index (χ0n) is 18.4. The van der Waals surface area contributed by atoms with Crippen molar-refractivity contribution in [1.82, 2.24) is 25.1 Å². The van der Waals surface area contributed by atoms with E-state index in [2.05, 4.69) is 32.6 Å². The smallest absolute Gasteiger partial charge is 0.233 e. The van der Waals surface area contributed by atoms with Crippen LogP contribution >= 0.6 is 23.4 Å². The molecule has 1 atom stereocenters. The minimum atomic E-state index is -0.353. The van der Waals surface area contributed by atoms with Gasteiger partial charge in [-0.2, -0.15) is 0 Å². The van der Waals surface area contributed by atoms with E-state index in [9.17, 15) is 4.79 Å². The molecule has 2 aromatic carbocycles. The Balaban J connectivity index is 1.56. The van der Waals surface area contributed by atoms with Crippen LogP contribution in [0.4, 0.5) is 0 Å². The van der Waals surface area contributed by atoms with Crippen molar-refractivity contribution in [3.05, 3.63) is 89.2 Å². The predicted octanol–water partition coefficient (Wildman–Crippen LogP) is 5.13. The van der Waals surface area contributed by atoms with Crippen LogP contribution in [-0.4, -0.2) is 37.5 Å². The molecule has 1 N–H and O–H groups in total. The Bertz CT molecular complexity index is 1230. The van der Waals surface area contributed by atoms with Crippen molar-refractivity contribution in [1.29, 1.82) is 0 Å². The summed E-state index contributed by atoms with van der Waals surface area (Å²) in [4.78, 5) is 16.9. The van der Waals surface area contributed by atoms with E-state index < -0.39 is 0 Å². The second-order valence-electron chi connectivity index (χ2n) is 7.55. The molecule has 2 aromatic heterocycles. The topological polar surface area (TPSA) is 72.7 Å². The summed E-state index contributed by atoms with van der Waals surface area (Å²) >= 11 is 7.78. The molecular weight excluding hydrogens is 454 g/mol. The van der Waals surface area contributed by atoms with E-state index in [0.29, 0.717) is 22.5 Å². The quantitative estimate of drug-likeness (QED) is 0.356. The zero-order chi connectivity index (χ0) is 23.2. The van der Waals surface area contributed by atoms with Gasteiger partial charge in [0.25, 0.3) is 0 Å². The number of thioether (sulfide) groups is 1. The highest BCUT2D eigenvalue weighted by atomic mass is 35.5. The van der Waals surface area contributed by atoms with Gasteiger partial charge in [0.2, 0.25) is 5.91 Å². The lowest BCUT2D eigenvalue weighted by atomic mass is 10.1. The van der Waals surface area contributed by atoms with Crippen molar-refractivity contribution < 1.29 is 4.79 Å². The molecule has 0 saturated carbocycles. The van der Waals surface area contributed by atoms with Crippen molar-refractivity contribution in [3.63, 3.8) is 0 Å². The van der Waals surface area contributed by atoms with Crippen molar-refractivity contribution in [2.24, 2.45) is 0 Å². The highest BCUT2D eigenvalue weighted by Crippen LogP contribution is 2.33. The van der Waals surface area contributed by atoms with Crippen LogP contribution in [0.15, 0.2) is 78.2 Å². The summed E-state index contributed by atoms with van der Waals surface area (Å²) < 4.78 is 1.95. The largest absolute Gasteiger partial charge is 0.355 e. The molecule has 0 saturated heterocycles. The van der Waals surface area contributed by atoms with Gasteiger partial charge in [0.05, 0.1) is 10.9 Å². The number of nitrogens with zero attached hydrogens (tertiary/aromatic N) is 4. The number of hydrogen-bond acceptors (Lipinski definition) is 5. The SMILES string of the molecule is Cc1c(Cl)cccc1-n1c(SC(C)C(=O)NCCc2ccccc2)nnc1-c1ccncc1. The molecule has 0 radical (unpaired) electrons. The summed E-state index contributed by atoms with van der Waals surface area (Å²) in [6.45, 7) is 4.41. The summed E-state index contributed by atoms with van der Waals surface area (Å²) in [5.74, 6) is 0.626. The summed E-state index contributed by atoms with van der Waals surface area (Å²) in [5.41, 5.74) is 3.86. The summed E-state index contributed by atoms with van der Waals surface area (Å²) in [6, 6.07) is 19.6. The van der Waals surface area contributed by atoms with Gasteiger partial charge < -0.3 is 5.32 Å². The Morgan fingerprint density at radius 1 is 1.06 bits per heavy atom. The van der Waals surface area contributed by atoms with Crippen LogP contribution in [0.3, 0.4) is 0 Å². The van der Waals surface area contributed by atoms with Gasteiger partial charge in [-0.25, -0.2) is 0 Å². The fourth-order valence-corrected chi connectivity index (χ4v) is 4.47. The van der Waals surface area contributed by atoms with E-state index in [1.165, 1.54) is 17.3 Å². The normalized spacial score (nSPS) is 11.8. The molecule has 0 fully saturated rings. The number of pyridine rings is 1. The molecule has 4 rings (SSSR count). The van der Waals surface area contributed by atoms with E-state index in [4.69, 9.17) is 11.6 Å². The van der Waals surface area contributed by atoms with Crippen molar-refractivity contribution in [2.45, 2.75) is 30.7 Å². The maximum atomic E-state index is 12.8. The first-order valence-electron chi connectivity index (χ1n) is 10.6. The average Bonchev–Trinajstić information content (AvgIpc) is 3.25. The van der Waals surface area contributed by atoms with Gasteiger partial charge in [0.15, 0.2) is 11.0 Å². The average molecular weight is 478 g/mol. The first-order valence-corrected chi connectivity index (χ1v) is 11.9. The van der Waals surface area contributed by atoms with E-state index in [1.807, 2.05) is 66.9 Å². The minimum Gasteiger partial charge on any atom is -0.355 e. The van der Waals surface area contributed by atoms with Gasteiger partial charge in [-0.3, -0.25) is 14.3 Å². The first-order chi connectivity index (χ1) is 16.0. The third-order valence-electron chi connectivity index (χ3n) is 5.26. The number of halogens is 1. The van der Waals surface area contributed by atoms with Gasteiger partial charge in [0, 0.05) is 29.5 Å². The van der Waals surface area contributed by atoms with E-state index in [1.54, 1.807) is 12.4 Å². The maximum absolute atomic E-state index is 12.8. The van der Waals surface area contributed by atoms with Gasteiger partial charge >= 0.3 is 0 Å². The fraction of sp³-hybridized carbons (Fsp3) is 0.200. The van der Waals surface area contributed by atoms with Crippen molar-refractivity contribution >= 4 is 29.3 Å². The molecule has 8 heteroatoms. The molecule has 1 amide bonds. The molecule has 4 aromatic rings. The monoisotopic (exact) mass is 477 g/mol. The Labute approximate surface area is 202 Å². The van der Waals surface area contributed by atoms with Crippen LogP contribution in [0, 0.1) is 6.92 Å². The Morgan fingerprint density at radius 3 is 2.58 bits per heavy atom. The highest BCUT2D eigenvalue weighted by Gasteiger charge is 2.23. The van der Waals surface area contributed by atoms with E-state index in [0.717, 1.165) is 23.2 Å². The number of carbonyl (C=O) groups is 1. The number of amides is 1. The number of nitrogens with one attached hydrogen (secondary N) is 1. The molecule has 0 spiro atoms. The Kier molecular flexibility index (Phi) is 7.42. The van der Waals surface area contributed by atoms with E-state index >= 15 is 0 Å². The lowest BCUT2D eigenvalue weighted by molar-refractivity contribution is -0.120. The molecule has 0 aliphatic carbocycles. The third kappa shape index (κ3) is 5.43. The number of hydrogen-bond donors (Lipinski definition) is 1. The van der Waals surface area contributed by atoms with Gasteiger partial charge in [-0.1, -0.05) is 59.8 Å². The fourth-order valence-electron chi connectivity index (χ4n) is 3.42. The summed E-state index contributed by atoms with van der Waals surface area (Å²) in [6.07, 6.45) is 4.22. The predicted molar refractivity (Wildman–Crippen MR) is 133 cm³/mol. The van der Waals surface area contributed by atoms with Crippen LogP contribution in [0.2, 0.25) is 5.02 Å². The second-order valence-corrected chi connectivity index (χ2v) is 9.26. The lowest BCUT2D eigenvalue weighted by Crippen LogP contribution is -2.32. The van der Waals surface area contributed by atoms with Gasteiger partial charge in [0.1, 0.15) is 0 Å². The number of benzene rings is 2. The maximum Gasteiger partial charge on any atom is 0.233 e. The first kappa shape index (κ1) is 23.0. The summed E-state index contributed by atoms with van der Waals surface area (Å²) in [5, 5.41) is 12.8. The molecule has 0 aliphatic heterocycles. The lowest BCUT2D eigenvalue weighted by Gasteiger charge is -2.16. The molecule has 1 unspecified atom stereocenters. The van der Waals surface area contributed by atoms with E-state index in [-0.39, 0.29) is 11.2 Å². The highest BCUT2D eigenvalue weighted by molar-refractivity contribution is 8.00. The van der Waals surface area contributed by atoms with Crippen LogP contribution in [0.1, 0.15) is 18.1 Å². The van der Waals surface area contributed by atoms with Crippen LogP contribution < -0.4 is 5.32 Å². The Hall–Kier alpha value is -3.16. The molecule has 168 valence electrons. The van der Waals surface area contributed by atoms with Crippen LogP contribution in [0.5, 0.6) is 0 Å². The zero-order valence-corrected chi connectivity index (χ0v) is 20.0. The molecule has 6 nitrogen and oxygen atoms in total. The molecular formula is C25H24ClN5OS. The van der Waals surface area contributed by atoms with Gasteiger partial charge in [-0.15, -0.1) is 10.2 Å². The third-order valence-corrected chi connectivity index (χ3v) is 6.71. The second kappa shape index (κ2) is 10.6. The molecule has 0 bridgehead atoms. The molecule has 0 aliphatic rings. The molecule has 33 heavy (non-hydrogen) atoms. The number of carbonyl (C=O) groups excluding carboxylic acids is 1. The molecule has 2 heterocycles.